The van der Waals surface area contributed by atoms with E-state index in [-0.39, 0.29) is 10.6 Å². The van der Waals surface area contributed by atoms with Crippen molar-refractivity contribution in [2.24, 2.45) is 0 Å². The van der Waals surface area contributed by atoms with E-state index < -0.39 is 23.8 Å². The van der Waals surface area contributed by atoms with Crippen LogP contribution in [0.1, 0.15) is 10.4 Å². The number of ketones is 1. The van der Waals surface area contributed by atoms with Crippen molar-refractivity contribution < 1.29 is 22.7 Å². The Bertz CT molecular complexity index is 404. The predicted molar refractivity (Wildman–Crippen MR) is 53.2 cm³/mol. The Morgan fingerprint density at radius 3 is 2.50 bits per heavy atom. The van der Waals surface area contributed by atoms with Crippen molar-refractivity contribution >= 4 is 29.0 Å². The summed E-state index contributed by atoms with van der Waals surface area (Å²) in [5.41, 5.74) is -0.364. The van der Waals surface area contributed by atoms with Gasteiger partial charge in [-0.25, -0.2) is 0 Å². The van der Waals surface area contributed by atoms with Crippen LogP contribution in [0.2, 0.25) is 5.02 Å². The molecular formula is C9H5Cl2F3O2. The third kappa shape index (κ3) is 3.28. The molecule has 0 bridgehead atoms. The Hall–Kier alpha value is -0.940. The molecule has 0 N–H and O–H groups in total. The molecule has 0 aliphatic rings. The molecule has 1 rings (SSSR count). The molecule has 0 aliphatic heterocycles. The van der Waals surface area contributed by atoms with Gasteiger partial charge in [0.25, 0.3) is 0 Å². The summed E-state index contributed by atoms with van der Waals surface area (Å²) >= 11 is 10.9. The summed E-state index contributed by atoms with van der Waals surface area (Å²) < 4.78 is 39.7. The molecule has 7 heteroatoms. The minimum Gasteiger partial charge on any atom is -0.405 e. The number of carbonyl (C=O) groups is 1. The Labute approximate surface area is 98.9 Å². The maximum Gasteiger partial charge on any atom is 0.573 e. The molecule has 0 atom stereocenters. The fraction of sp³-hybridized carbons (Fsp3) is 0.222. The third-order valence-electron chi connectivity index (χ3n) is 1.60. The zero-order valence-electron chi connectivity index (χ0n) is 7.65. The quantitative estimate of drug-likeness (QED) is 0.620. The second-order valence-corrected chi connectivity index (χ2v) is 3.39. The lowest BCUT2D eigenvalue weighted by Gasteiger charge is -2.12. The van der Waals surface area contributed by atoms with Crippen molar-refractivity contribution in [3.8, 4) is 5.75 Å². The molecule has 0 saturated heterocycles. The van der Waals surface area contributed by atoms with Crippen LogP contribution in [0.4, 0.5) is 13.2 Å². The highest BCUT2D eigenvalue weighted by atomic mass is 35.5. The average molecular weight is 273 g/mol. The summed E-state index contributed by atoms with van der Waals surface area (Å²) in [6, 6.07) is 3.53. The van der Waals surface area contributed by atoms with E-state index in [9.17, 15) is 18.0 Å². The van der Waals surface area contributed by atoms with E-state index in [0.29, 0.717) is 0 Å². The van der Waals surface area contributed by atoms with Crippen LogP contribution in [0.5, 0.6) is 5.75 Å². The Morgan fingerprint density at radius 1 is 1.38 bits per heavy atom. The van der Waals surface area contributed by atoms with E-state index in [1.54, 1.807) is 0 Å². The molecule has 2 nitrogen and oxygen atoms in total. The van der Waals surface area contributed by atoms with Gasteiger partial charge in [-0.15, -0.1) is 24.8 Å². The number of rotatable bonds is 3. The van der Waals surface area contributed by atoms with Crippen LogP contribution in [0, 0.1) is 0 Å². The fourth-order valence-corrected chi connectivity index (χ4v) is 1.46. The average Bonchev–Trinajstić information content (AvgIpc) is 2.14. The highest BCUT2D eigenvalue weighted by Crippen LogP contribution is 2.31. The largest absolute Gasteiger partial charge is 0.573 e. The summed E-state index contributed by atoms with van der Waals surface area (Å²) in [4.78, 5) is 11.3. The second-order valence-electron chi connectivity index (χ2n) is 2.72. The lowest BCUT2D eigenvalue weighted by atomic mass is 10.1. The first-order chi connectivity index (χ1) is 7.35. The van der Waals surface area contributed by atoms with Crippen molar-refractivity contribution in [2.45, 2.75) is 6.36 Å². The first kappa shape index (κ1) is 13.1. The van der Waals surface area contributed by atoms with Gasteiger partial charge in [0.1, 0.15) is 5.75 Å². The molecule has 0 aliphatic carbocycles. The van der Waals surface area contributed by atoms with Gasteiger partial charge >= 0.3 is 6.36 Å². The number of alkyl halides is 4. The van der Waals surface area contributed by atoms with Gasteiger partial charge in [0.2, 0.25) is 0 Å². The number of ether oxygens (including phenoxy) is 1. The molecule has 0 saturated carbocycles. The molecule has 0 spiro atoms. The maximum atomic E-state index is 12.0. The molecule has 0 fully saturated rings. The van der Waals surface area contributed by atoms with E-state index in [1.807, 2.05) is 0 Å². The summed E-state index contributed by atoms with van der Waals surface area (Å²) in [6.07, 6.45) is -4.88. The number of Topliss-reactive ketones (excluding diaryl/α,β-unsaturated/α-hetero) is 1. The smallest absolute Gasteiger partial charge is 0.405 e. The molecule has 0 heterocycles. The van der Waals surface area contributed by atoms with E-state index in [0.717, 1.165) is 6.07 Å². The molecule has 1 aromatic rings. The van der Waals surface area contributed by atoms with Gasteiger partial charge in [0, 0.05) is 0 Å². The molecule has 0 aromatic heterocycles. The van der Waals surface area contributed by atoms with Gasteiger partial charge in [-0.05, 0) is 12.1 Å². The maximum absolute atomic E-state index is 12.0. The molecule has 16 heavy (non-hydrogen) atoms. The molecule has 0 amide bonds. The SMILES string of the molecule is O=C(CCl)c1c(Cl)cccc1OC(F)(F)F. The standard InChI is InChI=1S/C9H5Cl2F3O2/c10-4-6(15)8-5(11)2-1-3-7(8)16-9(12,13)14/h1-3H,4H2. The van der Waals surface area contributed by atoms with Gasteiger partial charge in [0.05, 0.1) is 16.5 Å². The zero-order chi connectivity index (χ0) is 12.3. The number of carbonyl (C=O) groups excluding carboxylic acids is 1. The van der Waals surface area contributed by atoms with E-state index >= 15 is 0 Å². The highest BCUT2D eigenvalue weighted by molar-refractivity contribution is 6.37. The van der Waals surface area contributed by atoms with Crippen LogP contribution in [-0.4, -0.2) is 18.0 Å². The van der Waals surface area contributed by atoms with Crippen LogP contribution >= 0.6 is 23.2 Å². The van der Waals surface area contributed by atoms with Crippen LogP contribution in [0.15, 0.2) is 18.2 Å². The summed E-state index contributed by atoms with van der Waals surface area (Å²) in [5, 5.41) is -0.132. The number of hydrogen-bond donors (Lipinski definition) is 0. The van der Waals surface area contributed by atoms with E-state index in [4.69, 9.17) is 23.2 Å². The number of hydrogen-bond acceptors (Lipinski definition) is 2. The van der Waals surface area contributed by atoms with Gasteiger partial charge in [-0.2, -0.15) is 0 Å². The first-order valence-electron chi connectivity index (χ1n) is 3.98. The molecular weight excluding hydrogens is 268 g/mol. The van der Waals surface area contributed by atoms with Crippen molar-refractivity contribution in [2.75, 3.05) is 5.88 Å². The Balaban J connectivity index is 3.18. The fourth-order valence-electron chi connectivity index (χ4n) is 1.05. The predicted octanol–water partition coefficient (Wildman–Crippen LogP) is 3.66. The van der Waals surface area contributed by atoms with Gasteiger partial charge in [-0.3, -0.25) is 4.79 Å². The zero-order valence-corrected chi connectivity index (χ0v) is 9.16. The van der Waals surface area contributed by atoms with Crippen molar-refractivity contribution in [3.05, 3.63) is 28.8 Å². The van der Waals surface area contributed by atoms with Crippen molar-refractivity contribution in [1.29, 1.82) is 0 Å². The van der Waals surface area contributed by atoms with Crippen LogP contribution in [0.25, 0.3) is 0 Å². The Morgan fingerprint density at radius 2 is 2.00 bits per heavy atom. The van der Waals surface area contributed by atoms with Gasteiger partial charge < -0.3 is 4.74 Å². The lowest BCUT2D eigenvalue weighted by Crippen LogP contribution is -2.19. The summed E-state index contributed by atoms with van der Waals surface area (Å²) in [7, 11) is 0. The monoisotopic (exact) mass is 272 g/mol. The van der Waals surface area contributed by atoms with E-state index in [2.05, 4.69) is 4.74 Å². The third-order valence-corrected chi connectivity index (χ3v) is 2.16. The number of halogens is 5. The molecule has 0 radical (unpaired) electrons. The molecule has 88 valence electrons. The van der Waals surface area contributed by atoms with Crippen LogP contribution in [-0.2, 0) is 0 Å². The highest BCUT2D eigenvalue weighted by Gasteiger charge is 2.33. The van der Waals surface area contributed by atoms with Crippen molar-refractivity contribution in [3.63, 3.8) is 0 Å². The van der Waals surface area contributed by atoms with Gasteiger partial charge in [0.15, 0.2) is 5.78 Å². The Kier molecular flexibility index (Phi) is 4.04. The summed E-state index contributed by atoms with van der Waals surface area (Å²) in [5.74, 6) is -1.85. The van der Waals surface area contributed by atoms with Crippen LogP contribution < -0.4 is 4.74 Å². The second kappa shape index (κ2) is 4.93. The lowest BCUT2D eigenvalue weighted by molar-refractivity contribution is -0.274. The van der Waals surface area contributed by atoms with Crippen molar-refractivity contribution in [1.82, 2.24) is 0 Å². The van der Waals surface area contributed by atoms with Gasteiger partial charge in [-0.1, -0.05) is 17.7 Å². The topological polar surface area (TPSA) is 26.3 Å². The van der Waals surface area contributed by atoms with Crippen LogP contribution in [0.3, 0.4) is 0 Å². The number of benzene rings is 1. The molecule has 1 aromatic carbocycles. The molecule has 0 unspecified atom stereocenters. The van der Waals surface area contributed by atoms with E-state index in [1.165, 1.54) is 12.1 Å². The first-order valence-corrected chi connectivity index (χ1v) is 4.90. The minimum atomic E-state index is -4.88. The normalized spacial score (nSPS) is 11.3. The minimum absolute atomic E-state index is 0.132. The summed E-state index contributed by atoms with van der Waals surface area (Å²) in [6.45, 7) is 0.